The third kappa shape index (κ3) is 4.40. The smallest absolute Gasteiger partial charge is 0.255 e. The van der Waals surface area contributed by atoms with Crippen LogP contribution in [0.2, 0.25) is 0 Å². The van der Waals surface area contributed by atoms with Gasteiger partial charge < -0.3 is 19.9 Å². The molecule has 130 valence electrons. The van der Waals surface area contributed by atoms with Crippen molar-refractivity contribution in [2.75, 3.05) is 24.3 Å². The van der Waals surface area contributed by atoms with Gasteiger partial charge in [-0.3, -0.25) is 0 Å². The number of benzene rings is 1. The Morgan fingerprint density at radius 1 is 1.20 bits per heavy atom. The molecule has 25 heavy (non-hydrogen) atoms. The molecule has 0 aliphatic carbocycles. The molecule has 0 saturated heterocycles. The van der Waals surface area contributed by atoms with E-state index in [4.69, 9.17) is 9.26 Å². The standard InChI is InChI=1S/C16H15F2N5O2/c1-24-11-4-2-10(3-5-11)12-8-15(25-23-12)21-14-6-7-19-16(22-14)20-9-13(17)18/h2-8,13H,9H2,1H3,(H2,19,20,21,22). The average molecular weight is 347 g/mol. The number of nitrogens with zero attached hydrogens (tertiary/aromatic N) is 3. The molecule has 0 saturated carbocycles. The van der Waals surface area contributed by atoms with Gasteiger partial charge in [0.1, 0.15) is 17.3 Å². The van der Waals surface area contributed by atoms with Crippen molar-refractivity contribution in [1.82, 2.24) is 15.1 Å². The number of aromatic nitrogens is 3. The third-order valence-electron chi connectivity index (χ3n) is 3.22. The van der Waals surface area contributed by atoms with E-state index in [0.29, 0.717) is 17.4 Å². The maximum absolute atomic E-state index is 12.2. The molecular formula is C16H15F2N5O2. The molecular weight excluding hydrogens is 332 g/mol. The predicted molar refractivity (Wildman–Crippen MR) is 88.3 cm³/mol. The van der Waals surface area contributed by atoms with Crippen LogP contribution in [0.15, 0.2) is 47.1 Å². The number of alkyl halides is 2. The lowest BCUT2D eigenvalue weighted by Crippen LogP contribution is -2.12. The minimum absolute atomic E-state index is 0.0974. The van der Waals surface area contributed by atoms with Gasteiger partial charge in [0.25, 0.3) is 6.43 Å². The maximum Gasteiger partial charge on any atom is 0.255 e. The van der Waals surface area contributed by atoms with Crippen LogP contribution in [0.4, 0.5) is 26.4 Å². The highest BCUT2D eigenvalue weighted by Crippen LogP contribution is 2.25. The van der Waals surface area contributed by atoms with Gasteiger partial charge >= 0.3 is 0 Å². The van der Waals surface area contributed by atoms with Crippen LogP contribution in [0.25, 0.3) is 11.3 Å². The summed E-state index contributed by atoms with van der Waals surface area (Å²) >= 11 is 0. The maximum atomic E-state index is 12.2. The molecule has 0 aliphatic heterocycles. The van der Waals surface area contributed by atoms with Gasteiger partial charge in [0, 0.05) is 17.8 Å². The molecule has 0 amide bonds. The highest BCUT2D eigenvalue weighted by Gasteiger charge is 2.09. The first-order valence-electron chi connectivity index (χ1n) is 7.37. The minimum Gasteiger partial charge on any atom is -0.497 e. The van der Waals surface area contributed by atoms with Gasteiger partial charge in [-0.25, -0.2) is 13.8 Å². The SMILES string of the molecule is COc1ccc(-c2cc(Nc3ccnc(NCC(F)F)n3)on2)cc1. The predicted octanol–water partition coefficient (Wildman–Crippen LogP) is 3.56. The van der Waals surface area contributed by atoms with Crippen LogP contribution < -0.4 is 15.4 Å². The van der Waals surface area contributed by atoms with Crippen LogP contribution in [-0.2, 0) is 0 Å². The number of ether oxygens (including phenoxy) is 1. The second-order valence-electron chi connectivity index (χ2n) is 4.97. The molecule has 9 heteroatoms. The molecule has 3 rings (SSSR count). The molecule has 0 fully saturated rings. The fourth-order valence-corrected chi connectivity index (χ4v) is 2.04. The Kier molecular flexibility index (Phi) is 5.03. The van der Waals surface area contributed by atoms with E-state index in [1.165, 1.54) is 6.20 Å². The normalized spacial score (nSPS) is 10.7. The third-order valence-corrected chi connectivity index (χ3v) is 3.22. The lowest BCUT2D eigenvalue weighted by Gasteiger charge is -2.05. The van der Waals surface area contributed by atoms with Crippen molar-refractivity contribution >= 4 is 17.7 Å². The summed E-state index contributed by atoms with van der Waals surface area (Å²) < 4.78 is 34.8. The number of hydrogen-bond donors (Lipinski definition) is 2. The van der Waals surface area contributed by atoms with Gasteiger partial charge in [0.2, 0.25) is 11.8 Å². The zero-order chi connectivity index (χ0) is 17.6. The molecule has 0 atom stereocenters. The summed E-state index contributed by atoms with van der Waals surface area (Å²) in [7, 11) is 1.60. The Bertz CT molecular complexity index is 823. The number of halogens is 2. The van der Waals surface area contributed by atoms with E-state index < -0.39 is 13.0 Å². The minimum atomic E-state index is -2.48. The highest BCUT2D eigenvalue weighted by molar-refractivity contribution is 5.64. The van der Waals surface area contributed by atoms with E-state index in [9.17, 15) is 8.78 Å². The summed E-state index contributed by atoms with van der Waals surface area (Å²) in [5, 5.41) is 9.34. The van der Waals surface area contributed by atoms with E-state index in [1.807, 2.05) is 24.3 Å². The fourth-order valence-electron chi connectivity index (χ4n) is 2.04. The lowest BCUT2D eigenvalue weighted by atomic mass is 10.1. The van der Waals surface area contributed by atoms with E-state index in [0.717, 1.165) is 11.3 Å². The second kappa shape index (κ2) is 7.56. The number of anilines is 3. The molecule has 0 unspecified atom stereocenters. The molecule has 0 spiro atoms. The molecule has 1 aromatic carbocycles. The van der Waals surface area contributed by atoms with Gasteiger partial charge in [0.05, 0.1) is 13.7 Å². The first-order valence-corrected chi connectivity index (χ1v) is 7.37. The summed E-state index contributed by atoms with van der Waals surface area (Å²) in [5.74, 6) is 1.60. The molecule has 3 aromatic rings. The van der Waals surface area contributed by atoms with Crippen LogP contribution in [-0.4, -0.2) is 35.2 Å². The van der Waals surface area contributed by atoms with Crippen molar-refractivity contribution in [1.29, 1.82) is 0 Å². The van der Waals surface area contributed by atoms with Gasteiger partial charge in [0.15, 0.2) is 0 Å². The van der Waals surface area contributed by atoms with Crippen molar-refractivity contribution in [3.05, 3.63) is 42.6 Å². The van der Waals surface area contributed by atoms with Crippen molar-refractivity contribution in [3.63, 3.8) is 0 Å². The Morgan fingerprint density at radius 2 is 2.00 bits per heavy atom. The van der Waals surface area contributed by atoms with Crippen LogP contribution >= 0.6 is 0 Å². The first-order chi connectivity index (χ1) is 12.1. The van der Waals surface area contributed by atoms with Crippen LogP contribution in [0.3, 0.4) is 0 Å². The molecule has 2 N–H and O–H groups in total. The summed E-state index contributed by atoms with van der Waals surface area (Å²) in [4.78, 5) is 7.94. The van der Waals surface area contributed by atoms with Gasteiger partial charge in [-0.2, -0.15) is 4.98 Å². The van der Waals surface area contributed by atoms with Crippen molar-refractivity contribution < 1.29 is 18.0 Å². The van der Waals surface area contributed by atoms with Crippen LogP contribution in [0.1, 0.15) is 0 Å². The Hall–Kier alpha value is -3.23. The largest absolute Gasteiger partial charge is 0.497 e. The van der Waals surface area contributed by atoms with Gasteiger partial charge in [-0.15, -0.1) is 0 Å². The highest BCUT2D eigenvalue weighted by atomic mass is 19.3. The Labute approximate surface area is 142 Å². The van der Waals surface area contributed by atoms with Crippen LogP contribution in [0, 0.1) is 0 Å². The van der Waals surface area contributed by atoms with Gasteiger partial charge in [-0.05, 0) is 30.3 Å². The van der Waals surface area contributed by atoms with Gasteiger partial charge in [-0.1, -0.05) is 5.16 Å². The van der Waals surface area contributed by atoms with E-state index in [-0.39, 0.29) is 5.95 Å². The number of rotatable bonds is 7. The lowest BCUT2D eigenvalue weighted by molar-refractivity contribution is 0.163. The second-order valence-corrected chi connectivity index (χ2v) is 4.97. The molecule has 0 radical (unpaired) electrons. The summed E-state index contributed by atoms with van der Waals surface area (Å²) in [6, 6.07) is 10.7. The van der Waals surface area contributed by atoms with Crippen molar-refractivity contribution in [3.8, 4) is 17.0 Å². The van der Waals surface area contributed by atoms with Crippen molar-refractivity contribution in [2.24, 2.45) is 0 Å². The monoisotopic (exact) mass is 347 g/mol. The van der Waals surface area contributed by atoms with E-state index >= 15 is 0 Å². The zero-order valence-electron chi connectivity index (χ0n) is 13.2. The molecule has 0 bridgehead atoms. The molecule has 2 aromatic heterocycles. The Balaban J connectivity index is 1.69. The average Bonchev–Trinajstić information content (AvgIpc) is 3.09. The van der Waals surface area contributed by atoms with E-state index in [1.54, 1.807) is 19.2 Å². The molecule has 2 heterocycles. The quantitative estimate of drug-likeness (QED) is 0.676. The van der Waals surface area contributed by atoms with Crippen molar-refractivity contribution in [2.45, 2.75) is 6.43 Å². The summed E-state index contributed by atoms with van der Waals surface area (Å²) in [5.41, 5.74) is 1.50. The summed E-state index contributed by atoms with van der Waals surface area (Å²) in [6.07, 6.45) is -1.04. The summed E-state index contributed by atoms with van der Waals surface area (Å²) in [6.45, 7) is -0.520. The number of hydrogen-bond acceptors (Lipinski definition) is 7. The Morgan fingerprint density at radius 3 is 2.72 bits per heavy atom. The van der Waals surface area contributed by atoms with Crippen LogP contribution in [0.5, 0.6) is 5.75 Å². The zero-order valence-corrected chi connectivity index (χ0v) is 13.2. The molecule has 7 nitrogen and oxygen atoms in total. The van der Waals surface area contributed by atoms with E-state index in [2.05, 4.69) is 25.8 Å². The fraction of sp³-hybridized carbons (Fsp3) is 0.188. The molecule has 0 aliphatic rings. The number of nitrogens with one attached hydrogen (secondary N) is 2. The topological polar surface area (TPSA) is 85.1 Å². The first kappa shape index (κ1) is 16.6. The number of methoxy groups -OCH3 is 1.